The van der Waals surface area contributed by atoms with Crippen LogP contribution < -0.4 is 0 Å². The van der Waals surface area contributed by atoms with Crippen LogP contribution in [0.2, 0.25) is 0 Å². The first-order valence-electron chi connectivity index (χ1n) is 9.43. The smallest absolute Gasteiger partial charge is 0.276 e. The van der Waals surface area contributed by atoms with Crippen molar-refractivity contribution in [3.05, 3.63) is 80.9 Å². The Kier molecular flexibility index (Phi) is 6.21. The molecule has 1 aliphatic heterocycles. The number of para-hydroxylation sites is 1. The van der Waals surface area contributed by atoms with Crippen LogP contribution in [-0.2, 0) is 11.3 Å². The molecule has 1 saturated heterocycles. The van der Waals surface area contributed by atoms with Crippen molar-refractivity contribution in [3.8, 4) is 0 Å². The van der Waals surface area contributed by atoms with Crippen molar-refractivity contribution in [1.29, 1.82) is 0 Å². The summed E-state index contributed by atoms with van der Waals surface area (Å²) in [5.74, 6) is -0.107. The maximum absolute atomic E-state index is 12.5. The van der Waals surface area contributed by atoms with Crippen LogP contribution in [0.1, 0.15) is 22.3 Å². The molecule has 0 atom stereocenters. The Balaban J connectivity index is 1.58. The average molecular weight is 379 g/mol. The Bertz CT molecular complexity index is 879. The topological polar surface area (TPSA) is 66.7 Å². The van der Waals surface area contributed by atoms with E-state index in [1.54, 1.807) is 23.1 Å². The largest absolute Gasteiger partial charge is 0.337 e. The highest BCUT2D eigenvalue weighted by Crippen LogP contribution is 2.20. The lowest BCUT2D eigenvalue weighted by molar-refractivity contribution is -0.385. The number of hydrogen-bond donors (Lipinski definition) is 0. The number of rotatable bonds is 5. The lowest BCUT2D eigenvalue weighted by Gasteiger charge is -2.34. The Labute approximate surface area is 165 Å². The van der Waals surface area contributed by atoms with E-state index in [1.807, 2.05) is 0 Å². The number of benzene rings is 2. The van der Waals surface area contributed by atoms with Gasteiger partial charge in [-0.05, 0) is 42.7 Å². The van der Waals surface area contributed by atoms with Crippen LogP contribution in [0.5, 0.6) is 0 Å². The van der Waals surface area contributed by atoms with Gasteiger partial charge < -0.3 is 4.90 Å². The number of aryl methyl sites for hydroxylation is 2. The maximum Gasteiger partial charge on any atom is 0.276 e. The molecule has 0 saturated carbocycles. The third kappa shape index (κ3) is 4.64. The van der Waals surface area contributed by atoms with E-state index in [-0.39, 0.29) is 11.6 Å². The van der Waals surface area contributed by atoms with Gasteiger partial charge in [0.25, 0.3) is 5.69 Å². The molecule has 146 valence electrons. The monoisotopic (exact) mass is 379 g/mol. The Morgan fingerprint density at radius 3 is 2.32 bits per heavy atom. The molecule has 1 heterocycles. The van der Waals surface area contributed by atoms with Crippen molar-refractivity contribution in [2.75, 3.05) is 26.2 Å². The highest BCUT2D eigenvalue weighted by Gasteiger charge is 2.20. The second kappa shape index (κ2) is 8.80. The fourth-order valence-electron chi connectivity index (χ4n) is 3.51. The lowest BCUT2D eigenvalue weighted by Crippen LogP contribution is -2.47. The van der Waals surface area contributed by atoms with E-state index in [9.17, 15) is 14.9 Å². The second-order valence-corrected chi connectivity index (χ2v) is 7.12. The molecular weight excluding hydrogens is 354 g/mol. The number of carbonyl (C=O) groups excluding carboxylic acids is 1. The van der Waals surface area contributed by atoms with Crippen LogP contribution >= 0.6 is 0 Å². The summed E-state index contributed by atoms with van der Waals surface area (Å²) in [4.78, 5) is 27.3. The predicted octanol–water partition coefficient (Wildman–Crippen LogP) is 3.57. The zero-order valence-corrected chi connectivity index (χ0v) is 16.3. The molecule has 0 aliphatic carbocycles. The summed E-state index contributed by atoms with van der Waals surface area (Å²) in [5.41, 5.74) is 4.40. The van der Waals surface area contributed by atoms with Crippen molar-refractivity contribution in [1.82, 2.24) is 9.80 Å². The number of nitro benzene ring substituents is 1. The van der Waals surface area contributed by atoms with Crippen LogP contribution in [-0.4, -0.2) is 46.8 Å². The first-order valence-corrected chi connectivity index (χ1v) is 9.43. The maximum atomic E-state index is 12.5. The molecule has 2 aromatic rings. The third-order valence-electron chi connectivity index (χ3n) is 5.25. The van der Waals surface area contributed by atoms with E-state index in [4.69, 9.17) is 0 Å². The number of nitrogens with zero attached hydrogens (tertiary/aromatic N) is 3. The van der Waals surface area contributed by atoms with Crippen molar-refractivity contribution in [2.45, 2.75) is 20.4 Å². The number of hydrogen-bond acceptors (Lipinski definition) is 4. The van der Waals surface area contributed by atoms with E-state index >= 15 is 0 Å². The number of amides is 1. The molecule has 0 spiro atoms. The molecule has 6 heteroatoms. The van der Waals surface area contributed by atoms with Crippen LogP contribution in [0, 0.1) is 24.0 Å². The van der Waals surface area contributed by atoms with Crippen molar-refractivity contribution >= 4 is 17.7 Å². The Morgan fingerprint density at radius 2 is 1.68 bits per heavy atom. The predicted molar refractivity (Wildman–Crippen MR) is 110 cm³/mol. The molecule has 1 amide bonds. The van der Waals surface area contributed by atoms with Crippen LogP contribution in [0.3, 0.4) is 0 Å². The minimum absolute atomic E-state index is 0.00460. The number of nitro groups is 1. The average Bonchev–Trinajstić information content (AvgIpc) is 2.69. The van der Waals surface area contributed by atoms with Gasteiger partial charge in [-0.15, -0.1) is 0 Å². The molecule has 0 N–H and O–H groups in total. The van der Waals surface area contributed by atoms with E-state index in [0.29, 0.717) is 18.7 Å². The highest BCUT2D eigenvalue weighted by molar-refractivity contribution is 5.92. The van der Waals surface area contributed by atoms with Gasteiger partial charge in [-0.2, -0.15) is 0 Å². The van der Waals surface area contributed by atoms with Crippen LogP contribution in [0.25, 0.3) is 6.08 Å². The van der Waals surface area contributed by atoms with Gasteiger partial charge >= 0.3 is 0 Å². The summed E-state index contributed by atoms with van der Waals surface area (Å²) < 4.78 is 0. The number of piperazine rings is 1. The summed E-state index contributed by atoms with van der Waals surface area (Å²) >= 11 is 0. The van der Waals surface area contributed by atoms with Crippen molar-refractivity contribution in [3.63, 3.8) is 0 Å². The van der Waals surface area contributed by atoms with Gasteiger partial charge in [0.15, 0.2) is 0 Å². The van der Waals surface area contributed by atoms with Crippen molar-refractivity contribution in [2.24, 2.45) is 0 Å². The second-order valence-electron chi connectivity index (χ2n) is 7.12. The molecule has 1 fully saturated rings. The van der Waals surface area contributed by atoms with Gasteiger partial charge in [0.1, 0.15) is 0 Å². The van der Waals surface area contributed by atoms with Gasteiger partial charge in [0.2, 0.25) is 5.91 Å². The lowest BCUT2D eigenvalue weighted by atomic mass is 10.0. The summed E-state index contributed by atoms with van der Waals surface area (Å²) in [5, 5.41) is 11.1. The SMILES string of the molecule is Cc1cccc(C)c1CN1CCN(C(=O)C=Cc2ccccc2[N+](=O)[O-])CC1. The van der Waals surface area contributed by atoms with Gasteiger partial charge in [-0.3, -0.25) is 19.8 Å². The molecule has 28 heavy (non-hydrogen) atoms. The standard InChI is InChI=1S/C22H25N3O3/c1-17-6-5-7-18(2)20(17)16-23-12-14-24(15-13-23)22(26)11-10-19-8-3-4-9-21(19)25(27)28/h3-11H,12-16H2,1-2H3. The molecular formula is C22H25N3O3. The fourth-order valence-corrected chi connectivity index (χ4v) is 3.51. The van der Waals surface area contributed by atoms with Crippen LogP contribution in [0.15, 0.2) is 48.5 Å². The zero-order chi connectivity index (χ0) is 20.1. The van der Waals surface area contributed by atoms with E-state index in [1.165, 1.54) is 34.9 Å². The Morgan fingerprint density at radius 1 is 1.04 bits per heavy atom. The quantitative estimate of drug-likeness (QED) is 0.452. The fraction of sp³-hybridized carbons (Fsp3) is 0.318. The summed E-state index contributed by atoms with van der Waals surface area (Å²) in [6.45, 7) is 8.12. The first kappa shape index (κ1) is 19.8. The van der Waals surface area contributed by atoms with Gasteiger partial charge in [-0.1, -0.05) is 30.3 Å². The molecule has 0 unspecified atom stereocenters. The van der Waals surface area contributed by atoms with Crippen molar-refractivity contribution < 1.29 is 9.72 Å². The molecule has 1 aliphatic rings. The minimum atomic E-state index is -0.434. The molecule has 3 rings (SSSR count). The van der Waals surface area contributed by atoms with Gasteiger partial charge in [0, 0.05) is 44.9 Å². The highest BCUT2D eigenvalue weighted by atomic mass is 16.6. The molecule has 2 aromatic carbocycles. The third-order valence-corrected chi connectivity index (χ3v) is 5.25. The molecule has 0 radical (unpaired) electrons. The van der Waals surface area contributed by atoms with Gasteiger partial charge in [-0.25, -0.2) is 0 Å². The molecule has 0 bridgehead atoms. The van der Waals surface area contributed by atoms with Crippen LogP contribution in [0.4, 0.5) is 5.69 Å². The minimum Gasteiger partial charge on any atom is -0.337 e. The normalized spacial score (nSPS) is 15.1. The summed E-state index contributed by atoms with van der Waals surface area (Å²) in [6, 6.07) is 12.8. The summed E-state index contributed by atoms with van der Waals surface area (Å²) in [6.07, 6.45) is 2.97. The molecule has 6 nitrogen and oxygen atoms in total. The Hall–Kier alpha value is -2.99. The molecule has 0 aromatic heterocycles. The van der Waals surface area contributed by atoms with E-state index < -0.39 is 4.92 Å². The van der Waals surface area contributed by atoms with E-state index in [0.717, 1.165) is 19.6 Å². The van der Waals surface area contributed by atoms with Gasteiger partial charge in [0.05, 0.1) is 10.5 Å². The zero-order valence-electron chi connectivity index (χ0n) is 16.3. The summed E-state index contributed by atoms with van der Waals surface area (Å²) in [7, 11) is 0. The van der Waals surface area contributed by atoms with E-state index in [2.05, 4.69) is 36.9 Å². The number of carbonyl (C=O) groups is 1. The first-order chi connectivity index (χ1) is 13.5.